The zero-order valence-electron chi connectivity index (χ0n) is 17.4. The number of halogens is 1. The largest absolute Gasteiger partial charge is 0.351 e. The molecule has 0 atom stereocenters. The van der Waals surface area contributed by atoms with Gasteiger partial charge in [-0.3, -0.25) is 13.9 Å². The molecule has 4 aromatic rings. The lowest BCUT2D eigenvalue weighted by molar-refractivity contribution is 0.0956. The smallest absolute Gasteiger partial charge is 0.251 e. The van der Waals surface area contributed by atoms with Gasteiger partial charge in [0, 0.05) is 42.7 Å². The number of carbonyl (C=O) groups is 1. The topological polar surface area (TPSA) is 124 Å². The number of imidazole rings is 1. The number of primary sulfonamides is 1. The quantitative estimate of drug-likeness (QED) is 0.445. The maximum atomic E-state index is 12.4. The van der Waals surface area contributed by atoms with Crippen molar-refractivity contribution in [3.63, 3.8) is 0 Å². The number of fused-ring (bicyclic) bond motifs is 1. The first-order chi connectivity index (χ1) is 15.1. The predicted molar refractivity (Wildman–Crippen MR) is 123 cm³/mol. The van der Waals surface area contributed by atoms with Gasteiger partial charge in [0.05, 0.1) is 11.4 Å². The van der Waals surface area contributed by atoms with Gasteiger partial charge in [0.2, 0.25) is 10.0 Å². The molecule has 1 aromatic carbocycles. The minimum atomic E-state index is -3.65. The third-order valence-corrected chi connectivity index (χ3v) is 6.12. The molecule has 3 aromatic heterocycles. The van der Waals surface area contributed by atoms with Gasteiger partial charge in [-0.15, -0.1) is 0 Å². The lowest BCUT2D eigenvalue weighted by Crippen LogP contribution is -2.31. The van der Waals surface area contributed by atoms with Gasteiger partial charge in [0.1, 0.15) is 16.5 Å². The Morgan fingerprint density at radius 3 is 2.56 bits per heavy atom. The second-order valence-corrected chi connectivity index (χ2v) is 9.46. The maximum absolute atomic E-state index is 12.4. The van der Waals surface area contributed by atoms with Crippen molar-refractivity contribution in [2.75, 3.05) is 12.3 Å². The lowest BCUT2D eigenvalue weighted by atomic mass is 9.99. The van der Waals surface area contributed by atoms with Crippen LogP contribution < -0.4 is 10.5 Å². The number of aromatic nitrogens is 4. The Hall–Kier alpha value is -3.21. The Bertz CT molecular complexity index is 1440. The fourth-order valence-corrected chi connectivity index (χ4v) is 4.20. The Balaban J connectivity index is 1.71. The van der Waals surface area contributed by atoms with E-state index in [2.05, 4.69) is 15.4 Å². The molecule has 0 aliphatic heterocycles. The number of sulfonamides is 1. The van der Waals surface area contributed by atoms with Crippen molar-refractivity contribution in [3.05, 3.63) is 65.2 Å². The van der Waals surface area contributed by atoms with Crippen LogP contribution in [0.25, 0.3) is 28.0 Å². The van der Waals surface area contributed by atoms with Gasteiger partial charge >= 0.3 is 0 Å². The molecule has 166 valence electrons. The standard InChI is InChI=1S/C21H21ClN6O3S/c1-13-17(12-27(2)26-13)15-5-3-4-6-16(15)19-20(22)28-9-7-14(11-18(28)25-19)21(29)24-8-10-32(23,30)31/h3-7,9,11-12H,8,10H2,1-2H3,(H,24,29)(H2,23,30,31). The van der Waals surface area contributed by atoms with Crippen LogP contribution in [0.5, 0.6) is 0 Å². The molecule has 9 nitrogen and oxygen atoms in total. The Labute approximate surface area is 189 Å². The number of aryl methyl sites for hydroxylation is 2. The number of nitrogens with zero attached hydrogens (tertiary/aromatic N) is 4. The van der Waals surface area contributed by atoms with Crippen molar-refractivity contribution in [1.82, 2.24) is 24.5 Å². The molecule has 0 unspecified atom stereocenters. The maximum Gasteiger partial charge on any atom is 0.251 e. The molecule has 0 spiro atoms. The number of hydrogen-bond acceptors (Lipinski definition) is 5. The van der Waals surface area contributed by atoms with Gasteiger partial charge in [-0.1, -0.05) is 35.9 Å². The summed E-state index contributed by atoms with van der Waals surface area (Å²) < 4.78 is 25.5. The van der Waals surface area contributed by atoms with E-state index in [1.54, 1.807) is 27.4 Å². The lowest BCUT2D eigenvalue weighted by Gasteiger charge is -2.07. The SMILES string of the molecule is Cc1nn(C)cc1-c1ccccc1-c1nc2cc(C(=O)NCCS(N)(=O)=O)ccn2c1Cl. The number of nitrogens with two attached hydrogens (primary N) is 1. The third kappa shape index (κ3) is 4.38. The third-order valence-electron chi connectivity index (χ3n) is 4.99. The summed E-state index contributed by atoms with van der Waals surface area (Å²) in [6, 6.07) is 11.0. The number of carbonyl (C=O) groups excluding carboxylic acids is 1. The molecule has 0 aliphatic carbocycles. The van der Waals surface area contributed by atoms with E-state index in [1.165, 1.54) is 0 Å². The number of hydrogen-bond donors (Lipinski definition) is 2. The van der Waals surface area contributed by atoms with Crippen molar-refractivity contribution in [1.29, 1.82) is 0 Å². The van der Waals surface area contributed by atoms with E-state index in [0.717, 1.165) is 22.4 Å². The number of benzene rings is 1. The highest BCUT2D eigenvalue weighted by molar-refractivity contribution is 7.89. The average molecular weight is 473 g/mol. The van der Waals surface area contributed by atoms with Crippen LogP contribution in [0.1, 0.15) is 16.1 Å². The molecule has 0 bridgehead atoms. The first-order valence-corrected chi connectivity index (χ1v) is 11.8. The average Bonchev–Trinajstić information content (AvgIpc) is 3.25. The van der Waals surface area contributed by atoms with Crippen molar-refractivity contribution in [2.24, 2.45) is 12.2 Å². The second kappa shape index (κ2) is 8.38. The number of amides is 1. The molecule has 0 saturated carbocycles. The molecule has 0 radical (unpaired) electrons. The highest BCUT2D eigenvalue weighted by Gasteiger charge is 2.19. The molecule has 11 heteroatoms. The van der Waals surface area contributed by atoms with Gasteiger partial charge < -0.3 is 5.32 Å². The first kappa shape index (κ1) is 22.0. The summed E-state index contributed by atoms with van der Waals surface area (Å²) in [7, 11) is -1.79. The fourth-order valence-electron chi connectivity index (χ4n) is 3.52. The van der Waals surface area contributed by atoms with E-state index in [-0.39, 0.29) is 12.3 Å². The first-order valence-electron chi connectivity index (χ1n) is 9.70. The number of nitrogens with one attached hydrogen (secondary N) is 1. The van der Waals surface area contributed by atoms with Crippen LogP contribution in [0.3, 0.4) is 0 Å². The molecule has 4 rings (SSSR count). The minimum absolute atomic E-state index is 0.0822. The zero-order chi connectivity index (χ0) is 23.0. The summed E-state index contributed by atoms with van der Waals surface area (Å²) in [5.41, 5.74) is 5.06. The van der Waals surface area contributed by atoms with Crippen molar-refractivity contribution >= 4 is 33.2 Å². The van der Waals surface area contributed by atoms with E-state index in [1.807, 2.05) is 44.4 Å². The van der Waals surface area contributed by atoms with Crippen molar-refractivity contribution in [3.8, 4) is 22.4 Å². The van der Waals surface area contributed by atoms with Crippen LogP contribution in [-0.4, -0.2) is 45.8 Å². The molecule has 32 heavy (non-hydrogen) atoms. The van der Waals surface area contributed by atoms with Crippen molar-refractivity contribution < 1.29 is 13.2 Å². The van der Waals surface area contributed by atoms with Gasteiger partial charge in [-0.05, 0) is 24.6 Å². The molecule has 3 N–H and O–H groups in total. The monoisotopic (exact) mass is 472 g/mol. The number of rotatable bonds is 6. The van der Waals surface area contributed by atoms with Gasteiger partial charge in [0.25, 0.3) is 5.91 Å². The van der Waals surface area contributed by atoms with E-state index < -0.39 is 15.9 Å². The summed E-state index contributed by atoms with van der Waals surface area (Å²) >= 11 is 6.66. The minimum Gasteiger partial charge on any atom is -0.351 e. The summed E-state index contributed by atoms with van der Waals surface area (Å²) in [4.78, 5) is 17.1. The van der Waals surface area contributed by atoms with Crippen LogP contribution in [-0.2, 0) is 17.1 Å². The van der Waals surface area contributed by atoms with Gasteiger partial charge in [-0.25, -0.2) is 18.5 Å². The Morgan fingerprint density at radius 1 is 1.19 bits per heavy atom. The summed E-state index contributed by atoms with van der Waals surface area (Å²) in [6.07, 6.45) is 3.60. The summed E-state index contributed by atoms with van der Waals surface area (Å²) in [5, 5.41) is 12.3. The zero-order valence-corrected chi connectivity index (χ0v) is 19.0. The van der Waals surface area contributed by atoms with E-state index in [9.17, 15) is 13.2 Å². The van der Waals surface area contributed by atoms with Gasteiger partial charge in [0.15, 0.2) is 0 Å². The van der Waals surface area contributed by atoms with Crippen LogP contribution in [0.4, 0.5) is 0 Å². The van der Waals surface area contributed by atoms with Crippen molar-refractivity contribution in [2.45, 2.75) is 6.92 Å². The van der Waals surface area contributed by atoms with Crippen LogP contribution in [0.15, 0.2) is 48.8 Å². The fraction of sp³-hybridized carbons (Fsp3) is 0.190. The van der Waals surface area contributed by atoms with E-state index >= 15 is 0 Å². The second-order valence-electron chi connectivity index (χ2n) is 7.37. The summed E-state index contributed by atoms with van der Waals surface area (Å²) in [6.45, 7) is 1.86. The number of pyridine rings is 1. The molecule has 3 heterocycles. The highest BCUT2D eigenvalue weighted by Crippen LogP contribution is 2.36. The molecule has 0 saturated heterocycles. The Morgan fingerprint density at radius 2 is 1.91 bits per heavy atom. The van der Waals surface area contributed by atoms with Gasteiger partial charge in [-0.2, -0.15) is 5.10 Å². The highest BCUT2D eigenvalue weighted by atomic mass is 35.5. The van der Waals surface area contributed by atoms with Crippen LogP contribution in [0.2, 0.25) is 5.15 Å². The van der Waals surface area contributed by atoms with Crippen LogP contribution in [0, 0.1) is 6.92 Å². The van der Waals surface area contributed by atoms with E-state index in [4.69, 9.17) is 16.7 Å². The molecular weight excluding hydrogens is 452 g/mol. The Kier molecular flexibility index (Phi) is 5.76. The van der Waals surface area contributed by atoms with E-state index in [0.29, 0.717) is 22.1 Å². The predicted octanol–water partition coefficient (Wildman–Crippen LogP) is 2.38. The molecule has 1 amide bonds. The summed E-state index contributed by atoms with van der Waals surface area (Å²) in [5.74, 6) is -0.770. The molecular formula is C21H21ClN6O3S. The molecule has 0 aliphatic rings. The normalized spacial score (nSPS) is 11.8. The molecule has 0 fully saturated rings. The van der Waals surface area contributed by atoms with Crippen LogP contribution >= 0.6 is 11.6 Å².